The summed E-state index contributed by atoms with van der Waals surface area (Å²) in [4.78, 5) is 17.6. The highest BCUT2D eigenvalue weighted by Crippen LogP contribution is 2.30. The van der Waals surface area contributed by atoms with Crippen molar-refractivity contribution in [3.8, 4) is 0 Å². The molecule has 1 amide bonds. The molecule has 130 valence electrons. The second kappa shape index (κ2) is 6.00. The van der Waals surface area contributed by atoms with E-state index in [1.165, 1.54) is 17.1 Å². The van der Waals surface area contributed by atoms with Gasteiger partial charge in [-0.05, 0) is 24.5 Å². The maximum Gasteiger partial charge on any atom is 0.223 e. The van der Waals surface area contributed by atoms with Gasteiger partial charge in [0.1, 0.15) is 11.3 Å². The summed E-state index contributed by atoms with van der Waals surface area (Å²) in [5, 5.41) is 22.1. The molecule has 3 heterocycles. The minimum Gasteiger partial charge on any atom is -0.381 e. The number of benzene rings is 1. The number of aliphatic hydroxyl groups is 1. The zero-order valence-electron chi connectivity index (χ0n) is 14.1. The van der Waals surface area contributed by atoms with Crippen molar-refractivity contribution in [3.63, 3.8) is 0 Å². The number of aryl methyl sites for hydroxylation is 2. The summed E-state index contributed by atoms with van der Waals surface area (Å²) < 4.78 is 0. The Hall–Kier alpha value is -2.67. The Kier molecular flexibility index (Phi) is 3.80. The highest BCUT2D eigenvalue weighted by molar-refractivity contribution is 5.86. The van der Waals surface area contributed by atoms with Gasteiger partial charge in [0.25, 0.3) is 0 Å². The first-order valence-corrected chi connectivity index (χ1v) is 8.49. The van der Waals surface area contributed by atoms with E-state index in [1.807, 2.05) is 12.3 Å². The number of aromatic nitrogens is 4. The van der Waals surface area contributed by atoms with Crippen LogP contribution >= 0.6 is 0 Å². The highest BCUT2D eigenvalue weighted by atomic mass is 16.3. The molecular formula is C18H21N5O2. The predicted molar refractivity (Wildman–Crippen MR) is 92.8 cm³/mol. The third-order valence-electron chi connectivity index (χ3n) is 5.11. The van der Waals surface area contributed by atoms with Crippen LogP contribution in [-0.2, 0) is 16.8 Å². The molecule has 1 unspecified atom stereocenters. The third kappa shape index (κ3) is 2.80. The number of nitrogens with zero attached hydrogens (tertiary/aromatic N) is 3. The van der Waals surface area contributed by atoms with E-state index in [4.69, 9.17) is 0 Å². The van der Waals surface area contributed by atoms with Crippen LogP contribution in [-0.4, -0.2) is 49.4 Å². The van der Waals surface area contributed by atoms with Crippen molar-refractivity contribution in [3.05, 3.63) is 47.4 Å². The van der Waals surface area contributed by atoms with E-state index in [1.54, 1.807) is 4.90 Å². The van der Waals surface area contributed by atoms with Gasteiger partial charge in [0.2, 0.25) is 5.91 Å². The summed E-state index contributed by atoms with van der Waals surface area (Å²) >= 11 is 0. The molecular weight excluding hydrogens is 318 g/mol. The summed E-state index contributed by atoms with van der Waals surface area (Å²) in [7, 11) is 0. The van der Waals surface area contributed by atoms with E-state index >= 15 is 0 Å². The van der Waals surface area contributed by atoms with E-state index in [9.17, 15) is 9.90 Å². The molecule has 7 heteroatoms. The molecule has 0 radical (unpaired) electrons. The second-order valence-electron chi connectivity index (χ2n) is 6.76. The molecule has 4 rings (SSSR count). The molecule has 1 atom stereocenters. The van der Waals surface area contributed by atoms with Crippen molar-refractivity contribution < 1.29 is 9.90 Å². The van der Waals surface area contributed by atoms with Gasteiger partial charge in [-0.2, -0.15) is 15.4 Å². The monoisotopic (exact) mass is 339 g/mol. The first kappa shape index (κ1) is 15.8. The standard InChI is InChI=1S/C18H21N5O2/c1-12-3-2-4-14-13(9-19-17(12)14)5-6-16(24)23-8-7-18(25,11-23)15-10-20-22-21-15/h2-4,9-10,19,25H,5-8,11H2,1H3,(H,20,21,22). The number of likely N-dealkylation sites (tertiary alicyclic amines) is 1. The number of aromatic amines is 2. The molecule has 0 aliphatic carbocycles. The molecule has 0 bridgehead atoms. The van der Waals surface area contributed by atoms with Crippen molar-refractivity contribution in [1.29, 1.82) is 0 Å². The van der Waals surface area contributed by atoms with Gasteiger partial charge < -0.3 is 15.0 Å². The Bertz CT molecular complexity index is 901. The molecule has 2 aromatic heterocycles. The van der Waals surface area contributed by atoms with E-state index in [0.29, 0.717) is 31.5 Å². The van der Waals surface area contributed by atoms with Crippen LogP contribution in [0.4, 0.5) is 0 Å². The van der Waals surface area contributed by atoms with Gasteiger partial charge in [-0.15, -0.1) is 0 Å². The normalized spacial score (nSPS) is 20.5. The third-order valence-corrected chi connectivity index (χ3v) is 5.11. The summed E-state index contributed by atoms with van der Waals surface area (Å²) in [5.74, 6) is 0.0569. The summed E-state index contributed by atoms with van der Waals surface area (Å²) in [6.45, 7) is 2.88. The zero-order chi connectivity index (χ0) is 17.4. The van der Waals surface area contributed by atoms with E-state index in [-0.39, 0.29) is 12.5 Å². The number of hydrogen-bond acceptors (Lipinski definition) is 4. The largest absolute Gasteiger partial charge is 0.381 e. The number of carbonyl (C=O) groups excluding carboxylic acids is 1. The molecule has 25 heavy (non-hydrogen) atoms. The molecule has 3 aromatic rings. The van der Waals surface area contributed by atoms with Crippen LogP contribution in [0.3, 0.4) is 0 Å². The van der Waals surface area contributed by atoms with Crippen LogP contribution in [0.25, 0.3) is 10.9 Å². The van der Waals surface area contributed by atoms with Crippen LogP contribution in [0, 0.1) is 6.92 Å². The first-order chi connectivity index (χ1) is 12.1. The van der Waals surface area contributed by atoms with Crippen molar-refractivity contribution in [2.45, 2.75) is 31.8 Å². The number of β-amino-alcohol motifs (C(OH)–C–C–N with tert-alkyl or cyclic N) is 1. The molecule has 1 aromatic carbocycles. The van der Waals surface area contributed by atoms with Crippen molar-refractivity contribution in [1.82, 2.24) is 25.3 Å². The minimum absolute atomic E-state index is 0.0569. The topological polar surface area (TPSA) is 97.9 Å². The average molecular weight is 339 g/mol. The van der Waals surface area contributed by atoms with Crippen LogP contribution in [0.2, 0.25) is 0 Å². The second-order valence-corrected chi connectivity index (χ2v) is 6.76. The quantitative estimate of drug-likeness (QED) is 0.673. The molecule has 1 aliphatic heterocycles. The molecule has 1 aliphatic rings. The Labute approximate surface area is 145 Å². The van der Waals surface area contributed by atoms with E-state index in [2.05, 4.69) is 39.5 Å². The number of nitrogens with one attached hydrogen (secondary N) is 2. The van der Waals surface area contributed by atoms with Gasteiger partial charge in [-0.1, -0.05) is 18.2 Å². The van der Waals surface area contributed by atoms with Crippen LogP contribution < -0.4 is 0 Å². The van der Waals surface area contributed by atoms with Gasteiger partial charge in [0.15, 0.2) is 0 Å². The lowest BCUT2D eigenvalue weighted by atomic mass is 10.00. The fourth-order valence-electron chi connectivity index (χ4n) is 3.61. The Morgan fingerprint density at radius 1 is 1.44 bits per heavy atom. The first-order valence-electron chi connectivity index (χ1n) is 8.49. The van der Waals surface area contributed by atoms with Gasteiger partial charge in [0.05, 0.1) is 12.7 Å². The van der Waals surface area contributed by atoms with Crippen molar-refractivity contribution >= 4 is 16.8 Å². The Morgan fingerprint density at radius 2 is 2.32 bits per heavy atom. The highest BCUT2D eigenvalue weighted by Gasteiger charge is 2.41. The number of amides is 1. The van der Waals surface area contributed by atoms with E-state index < -0.39 is 5.60 Å². The van der Waals surface area contributed by atoms with Crippen LogP contribution in [0.5, 0.6) is 0 Å². The predicted octanol–water partition coefficient (Wildman–Crippen LogP) is 1.65. The fraction of sp³-hybridized carbons (Fsp3) is 0.389. The fourth-order valence-corrected chi connectivity index (χ4v) is 3.61. The smallest absolute Gasteiger partial charge is 0.223 e. The molecule has 7 nitrogen and oxygen atoms in total. The van der Waals surface area contributed by atoms with Crippen molar-refractivity contribution in [2.24, 2.45) is 0 Å². The number of hydrogen-bond donors (Lipinski definition) is 3. The van der Waals surface area contributed by atoms with Gasteiger partial charge >= 0.3 is 0 Å². The maximum atomic E-state index is 12.6. The molecule has 3 N–H and O–H groups in total. The van der Waals surface area contributed by atoms with Gasteiger partial charge in [0, 0.05) is 36.5 Å². The number of carbonyl (C=O) groups is 1. The van der Waals surface area contributed by atoms with E-state index in [0.717, 1.165) is 11.1 Å². The summed E-state index contributed by atoms with van der Waals surface area (Å²) in [5.41, 5.74) is 2.88. The number of para-hydroxylation sites is 1. The molecule has 0 saturated carbocycles. The SMILES string of the molecule is Cc1cccc2c(CCC(=O)N3CCC(O)(c4cn[nH]n4)C3)c[nH]c12. The molecule has 1 saturated heterocycles. The lowest BCUT2D eigenvalue weighted by molar-refractivity contribution is -0.131. The van der Waals surface area contributed by atoms with Crippen LogP contribution in [0.1, 0.15) is 29.7 Å². The zero-order valence-corrected chi connectivity index (χ0v) is 14.1. The Balaban J connectivity index is 1.42. The lowest BCUT2D eigenvalue weighted by Gasteiger charge is -2.21. The molecule has 1 fully saturated rings. The summed E-state index contributed by atoms with van der Waals surface area (Å²) in [6.07, 6.45) is 5.09. The van der Waals surface area contributed by atoms with Gasteiger partial charge in [-0.3, -0.25) is 4.79 Å². The lowest BCUT2D eigenvalue weighted by Crippen LogP contribution is -2.34. The molecule has 0 spiro atoms. The van der Waals surface area contributed by atoms with Crippen LogP contribution in [0.15, 0.2) is 30.6 Å². The van der Waals surface area contributed by atoms with Gasteiger partial charge in [-0.25, -0.2) is 0 Å². The maximum absolute atomic E-state index is 12.6. The Morgan fingerprint density at radius 3 is 3.12 bits per heavy atom. The van der Waals surface area contributed by atoms with Crippen molar-refractivity contribution in [2.75, 3.05) is 13.1 Å². The number of H-pyrrole nitrogens is 2. The average Bonchev–Trinajstić information content (AvgIpc) is 3.33. The minimum atomic E-state index is -1.10. The number of fused-ring (bicyclic) bond motifs is 1. The number of rotatable bonds is 4. The summed E-state index contributed by atoms with van der Waals surface area (Å²) in [6, 6.07) is 6.19.